The maximum atomic E-state index is 14.3. The van der Waals surface area contributed by atoms with Crippen LogP contribution < -0.4 is 14.2 Å². The quantitative estimate of drug-likeness (QED) is 0.802. The van der Waals surface area contributed by atoms with Gasteiger partial charge in [0, 0.05) is 31.8 Å². The Morgan fingerprint density at radius 3 is 2.78 bits per heavy atom. The molecule has 0 spiro atoms. The summed E-state index contributed by atoms with van der Waals surface area (Å²) in [5, 5.41) is 16.4. The van der Waals surface area contributed by atoms with Crippen molar-refractivity contribution in [2.75, 3.05) is 26.3 Å². The van der Waals surface area contributed by atoms with Crippen molar-refractivity contribution >= 4 is 0 Å². The number of hydrogen-bond acceptors (Lipinski definition) is 8. The van der Waals surface area contributed by atoms with E-state index in [4.69, 9.17) is 19.5 Å². The molecule has 0 aliphatic carbocycles. The summed E-state index contributed by atoms with van der Waals surface area (Å²) in [5.41, 5.74) is 0.614. The monoisotopic (exact) mass is 371 g/mol. The highest BCUT2D eigenvalue weighted by Crippen LogP contribution is 2.30. The molecule has 9 heteroatoms. The lowest BCUT2D eigenvalue weighted by Crippen LogP contribution is -2.38. The molecule has 1 fully saturated rings. The molecule has 0 atom stereocenters. The van der Waals surface area contributed by atoms with Gasteiger partial charge in [0.1, 0.15) is 31.2 Å². The first-order valence-electron chi connectivity index (χ1n) is 8.79. The van der Waals surface area contributed by atoms with Crippen LogP contribution in [0.5, 0.6) is 17.5 Å². The number of piperidine rings is 1. The summed E-state index contributed by atoms with van der Waals surface area (Å²) in [5.74, 6) is 0.742. The van der Waals surface area contributed by atoms with Gasteiger partial charge in [0.05, 0.1) is 5.69 Å². The van der Waals surface area contributed by atoms with Crippen LogP contribution in [0.1, 0.15) is 24.2 Å². The third-order valence-electron chi connectivity index (χ3n) is 4.51. The lowest BCUT2D eigenvalue weighted by molar-refractivity contribution is 0.0906. The van der Waals surface area contributed by atoms with Gasteiger partial charge in [-0.25, -0.2) is 9.37 Å². The van der Waals surface area contributed by atoms with Crippen molar-refractivity contribution in [3.05, 3.63) is 35.4 Å². The number of nitriles is 1. The van der Waals surface area contributed by atoms with Gasteiger partial charge in [-0.1, -0.05) is 0 Å². The number of fused-ring (bicyclic) bond motifs is 1. The number of rotatable bonds is 4. The smallest absolute Gasteiger partial charge is 0.257 e. The number of aromatic nitrogens is 3. The van der Waals surface area contributed by atoms with E-state index >= 15 is 0 Å². The van der Waals surface area contributed by atoms with Crippen LogP contribution in [0, 0.1) is 17.1 Å². The minimum atomic E-state index is -0.384. The fraction of sp³-hybridized carbons (Fsp3) is 0.444. The van der Waals surface area contributed by atoms with Crippen LogP contribution in [0.4, 0.5) is 4.39 Å². The zero-order valence-electron chi connectivity index (χ0n) is 14.6. The predicted molar refractivity (Wildman–Crippen MR) is 90.9 cm³/mol. The summed E-state index contributed by atoms with van der Waals surface area (Å²) in [6.45, 7) is 2.75. The highest BCUT2D eigenvalue weighted by Gasteiger charge is 2.24. The van der Waals surface area contributed by atoms with E-state index in [1.807, 2.05) is 6.07 Å². The summed E-state index contributed by atoms with van der Waals surface area (Å²) in [6, 6.07) is 6.49. The molecule has 0 saturated carbocycles. The van der Waals surface area contributed by atoms with Gasteiger partial charge < -0.3 is 14.2 Å². The standard InChI is InChI=1S/C18H18FN5O3/c19-14-9-16-18(26-8-7-25-16)21-15(14)11-24-5-3-13(4-6-24)27-17-2-1-12(10-20)22-23-17/h1-2,9,13H,3-8,11H2. The molecule has 2 aliphatic heterocycles. The van der Waals surface area contributed by atoms with Crippen molar-refractivity contribution in [1.82, 2.24) is 20.1 Å². The first-order chi connectivity index (χ1) is 13.2. The number of hydrogen-bond donors (Lipinski definition) is 0. The van der Waals surface area contributed by atoms with Crippen LogP contribution in [0.2, 0.25) is 0 Å². The number of ether oxygens (including phenoxy) is 3. The van der Waals surface area contributed by atoms with Gasteiger partial charge in [0.2, 0.25) is 5.88 Å². The minimum Gasteiger partial charge on any atom is -0.484 e. The lowest BCUT2D eigenvalue weighted by atomic mass is 10.1. The van der Waals surface area contributed by atoms with Crippen molar-refractivity contribution in [3.63, 3.8) is 0 Å². The molecule has 4 heterocycles. The molecule has 2 aromatic heterocycles. The predicted octanol–water partition coefficient (Wildman–Crippen LogP) is 1.70. The molecule has 0 aromatic carbocycles. The first kappa shape index (κ1) is 17.4. The minimum absolute atomic E-state index is 0.0153. The van der Waals surface area contributed by atoms with E-state index in [2.05, 4.69) is 20.1 Å². The van der Waals surface area contributed by atoms with E-state index in [-0.39, 0.29) is 17.6 Å². The van der Waals surface area contributed by atoms with Gasteiger partial charge in [-0.2, -0.15) is 5.26 Å². The normalized spacial score (nSPS) is 17.3. The molecule has 0 N–H and O–H groups in total. The first-order valence-corrected chi connectivity index (χ1v) is 8.79. The Kier molecular flexibility index (Phi) is 4.98. The Balaban J connectivity index is 1.32. The van der Waals surface area contributed by atoms with Gasteiger partial charge >= 0.3 is 0 Å². The second-order valence-corrected chi connectivity index (χ2v) is 6.38. The van der Waals surface area contributed by atoms with E-state index in [1.54, 1.807) is 12.1 Å². The fourth-order valence-electron chi connectivity index (χ4n) is 3.11. The van der Waals surface area contributed by atoms with Crippen LogP contribution in [0.3, 0.4) is 0 Å². The Bertz CT molecular complexity index is 847. The lowest BCUT2D eigenvalue weighted by Gasteiger charge is -2.31. The number of halogens is 1. The van der Waals surface area contributed by atoms with E-state index in [0.717, 1.165) is 25.9 Å². The van der Waals surface area contributed by atoms with Crippen molar-refractivity contribution in [2.24, 2.45) is 0 Å². The van der Waals surface area contributed by atoms with Gasteiger partial charge in [0.25, 0.3) is 5.88 Å². The van der Waals surface area contributed by atoms with Crippen LogP contribution in [0.15, 0.2) is 18.2 Å². The third-order valence-corrected chi connectivity index (χ3v) is 4.51. The SMILES string of the molecule is N#Cc1ccc(OC2CCN(Cc3nc4c(cc3F)OCCO4)CC2)nn1. The maximum absolute atomic E-state index is 14.3. The summed E-state index contributed by atoms with van der Waals surface area (Å²) < 4.78 is 30.9. The topological polar surface area (TPSA) is 93.4 Å². The van der Waals surface area contributed by atoms with E-state index < -0.39 is 0 Å². The zero-order valence-corrected chi connectivity index (χ0v) is 14.6. The molecular formula is C18H18FN5O3. The number of likely N-dealkylation sites (tertiary alicyclic amines) is 1. The Hall–Kier alpha value is -2.99. The van der Waals surface area contributed by atoms with Crippen molar-refractivity contribution in [3.8, 4) is 23.6 Å². The largest absolute Gasteiger partial charge is 0.484 e. The summed E-state index contributed by atoms with van der Waals surface area (Å²) in [6.07, 6.45) is 1.59. The van der Waals surface area contributed by atoms with Crippen LogP contribution in [-0.2, 0) is 6.54 Å². The highest BCUT2D eigenvalue weighted by atomic mass is 19.1. The second kappa shape index (κ2) is 7.72. The highest BCUT2D eigenvalue weighted by molar-refractivity contribution is 5.36. The maximum Gasteiger partial charge on any atom is 0.257 e. The van der Waals surface area contributed by atoms with Gasteiger partial charge in [-0.05, 0) is 18.9 Å². The average molecular weight is 371 g/mol. The van der Waals surface area contributed by atoms with Gasteiger partial charge in [-0.15, -0.1) is 10.2 Å². The Morgan fingerprint density at radius 1 is 1.22 bits per heavy atom. The molecule has 140 valence electrons. The van der Waals surface area contributed by atoms with Crippen LogP contribution >= 0.6 is 0 Å². The molecule has 0 radical (unpaired) electrons. The van der Waals surface area contributed by atoms with Gasteiger partial charge in [-0.3, -0.25) is 4.90 Å². The molecule has 2 aliphatic rings. The molecular weight excluding hydrogens is 353 g/mol. The summed E-state index contributed by atoms with van der Waals surface area (Å²) in [4.78, 5) is 6.40. The molecule has 27 heavy (non-hydrogen) atoms. The van der Waals surface area contributed by atoms with E-state index in [0.29, 0.717) is 43.0 Å². The second-order valence-electron chi connectivity index (χ2n) is 6.38. The molecule has 4 rings (SSSR count). The fourth-order valence-corrected chi connectivity index (χ4v) is 3.11. The summed E-state index contributed by atoms with van der Waals surface area (Å²) in [7, 11) is 0. The Labute approximate surface area is 155 Å². The van der Waals surface area contributed by atoms with Crippen LogP contribution in [-0.4, -0.2) is 52.5 Å². The third kappa shape index (κ3) is 4.06. The number of nitrogens with zero attached hydrogens (tertiary/aromatic N) is 5. The van der Waals surface area contributed by atoms with Crippen molar-refractivity contribution < 1.29 is 18.6 Å². The zero-order chi connectivity index (χ0) is 18.6. The van der Waals surface area contributed by atoms with Crippen LogP contribution in [0.25, 0.3) is 0 Å². The molecule has 1 saturated heterocycles. The molecule has 0 unspecified atom stereocenters. The average Bonchev–Trinajstić information content (AvgIpc) is 2.70. The van der Waals surface area contributed by atoms with Crippen molar-refractivity contribution in [1.29, 1.82) is 5.26 Å². The molecule has 8 nitrogen and oxygen atoms in total. The molecule has 2 aromatic rings. The Morgan fingerprint density at radius 2 is 2.04 bits per heavy atom. The van der Waals surface area contributed by atoms with E-state index in [1.165, 1.54) is 6.07 Å². The van der Waals surface area contributed by atoms with Gasteiger partial charge in [0.15, 0.2) is 11.4 Å². The molecule has 0 bridgehead atoms. The molecule has 0 amide bonds. The van der Waals surface area contributed by atoms with Crippen molar-refractivity contribution in [2.45, 2.75) is 25.5 Å². The van der Waals surface area contributed by atoms with E-state index in [9.17, 15) is 4.39 Å². The number of pyridine rings is 1. The summed E-state index contributed by atoms with van der Waals surface area (Å²) >= 11 is 0.